The summed E-state index contributed by atoms with van der Waals surface area (Å²) in [5, 5.41) is 4.77. The Morgan fingerprint density at radius 2 is 1.03 bits per heavy atom. The molecule has 0 saturated carbocycles. The van der Waals surface area contributed by atoms with Crippen LogP contribution < -0.4 is 15.7 Å². The zero-order valence-corrected chi connectivity index (χ0v) is 32.5. The van der Waals surface area contributed by atoms with Gasteiger partial charge in [0.1, 0.15) is 22.7 Å². The van der Waals surface area contributed by atoms with Gasteiger partial charge in [-0.05, 0) is 111 Å². The third-order valence-corrected chi connectivity index (χ3v) is 13.6. The monoisotopic (exact) mass is 769 g/mol. The molecule has 0 bridgehead atoms. The first-order valence-electron chi connectivity index (χ1n) is 20.1. The first-order chi connectivity index (χ1) is 29.2. The molecule has 0 amide bonds. The molecule has 0 saturated heterocycles. The standard InChI is InChI=1S/C54H32BNO2S/c1-2-14-37(36(13-1)33-26-28-50-43(29-33)41-18-6-11-23-49(41)57-50)34-25-27-42-44-30-35(31-52-54(44)55(59-53(42)32-34)45-19-7-12-24-51(45)58-52)38-15-3-8-20-46(38)56-47-21-9-4-16-39(47)40-17-5-10-22-48(40)56/h1-32H. The largest absolute Gasteiger partial charge is 0.458 e. The van der Waals surface area contributed by atoms with Crippen molar-refractivity contribution in [3.63, 3.8) is 0 Å². The highest BCUT2D eigenvalue weighted by molar-refractivity contribution is 8.28. The highest BCUT2D eigenvalue weighted by atomic mass is 32.2. The number of rotatable bonds is 4. The van der Waals surface area contributed by atoms with E-state index in [1.807, 2.05) is 23.7 Å². The molecule has 3 nitrogen and oxygen atoms in total. The number of fused-ring (bicyclic) bond motifs is 10. The van der Waals surface area contributed by atoms with Crippen LogP contribution in [0.5, 0.6) is 11.5 Å². The van der Waals surface area contributed by atoms with Crippen molar-refractivity contribution in [3.8, 4) is 61.7 Å². The molecule has 2 aliphatic heterocycles. The number of hydrogen-bond acceptors (Lipinski definition) is 3. The van der Waals surface area contributed by atoms with Crippen LogP contribution in [-0.2, 0) is 0 Å². The Hall–Kier alpha value is -7.21. The molecule has 0 aliphatic carbocycles. The van der Waals surface area contributed by atoms with Gasteiger partial charge in [0.2, 0.25) is 0 Å². The molecule has 0 fully saturated rings. The van der Waals surface area contributed by atoms with Crippen molar-refractivity contribution >= 4 is 72.3 Å². The van der Waals surface area contributed by atoms with Crippen molar-refractivity contribution in [3.05, 3.63) is 194 Å². The van der Waals surface area contributed by atoms with Crippen LogP contribution in [0.2, 0.25) is 0 Å². The van der Waals surface area contributed by atoms with E-state index in [4.69, 9.17) is 9.15 Å². The molecule has 0 spiro atoms. The number of ether oxygens (including phenoxy) is 1. The summed E-state index contributed by atoms with van der Waals surface area (Å²) in [6.07, 6.45) is 0. The zero-order valence-electron chi connectivity index (χ0n) is 31.7. The number of hydrogen-bond donors (Lipinski definition) is 0. The topological polar surface area (TPSA) is 27.3 Å². The van der Waals surface area contributed by atoms with Gasteiger partial charge in [-0.25, -0.2) is 0 Å². The molecule has 5 heteroatoms. The smallest absolute Gasteiger partial charge is 0.289 e. The van der Waals surface area contributed by atoms with Crippen LogP contribution in [0, 0.1) is 0 Å². The van der Waals surface area contributed by atoms with Crippen LogP contribution in [0.15, 0.2) is 203 Å². The zero-order chi connectivity index (χ0) is 38.6. The molecule has 0 atom stereocenters. The summed E-state index contributed by atoms with van der Waals surface area (Å²) in [4.78, 5) is 1.27. The molecule has 13 rings (SSSR count). The highest BCUT2D eigenvalue weighted by Crippen LogP contribution is 2.48. The van der Waals surface area contributed by atoms with Crippen molar-refractivity contribution in [1.29, 1.82) is 0 Å². The molecule has 11 aromatic rings. The Balaban J connectivity index is 0.991. The van der Waals surface area contributed by atoms with Gasteiger partial charge in [-0.15, -0.1) is 0 Å². The number of furan rings is 1. The molecule has 274 valence electrons. The van der Waals surface area contributed by atoms with E-state index < -0.39 is 0 Å². The fourth-order valence-electron chi connectivity index (χ4n) is 9.66. The summed E-state index contributed by atoms with van der Waals surface area (Å²) in [6, 6.07) is 70.1. The summed E-state index contributed by atoms with van der Waals surface area (Å²) < 4.78 is 15.5. The summed E-state index contributed by atoms with van der Waals surface area (Å²) in [7, 11) is 0. The van der Waals surface area contributed by atoms with Crippen molar-refractivity contribution < 1.29 is 9.15 Å². The average molecular weight is 770 g/mol. The third-order valence-electron chi connectivity index (χ3n) is 12.3. The number of para-hydroxylation sites is 5. The van der Waals surface area contributed by atoms with E-state index in [-0.39, 0.29) is 5.99 Å². The van der Waals surface area contributed by atoms with Gasteiger partial charge in [0.15, 0.2) is 0 Å². The maximum Gasteiger partial charge on any atom is 0.289 e. The second kappa shape index (κ2) is 12.6. The normalized spacial score (nSPS) is 12.8. The Morgan fingerprint density at radius 1 is 0.407 bits per heavy atom. The molecule has 4 heterocycles. The van der Waals surface area contributed by atoms with Crippen molar-refractivity contribution in [2.45, 2.75) is 4.90 Å². The minimum Gasteiger partial charge on any atom is -0.458 e. The average Bonchev–Trinajstić information content (AvgIpc) is 3.84. The predicted molar refractivity (Wildman–Crippen MR) is 247 cm³/mol. The lowest BCUT2D eigenvalue weighted by Crippen LogP contribution is -2.46. The van der Waals surface area contributed by atoms with Gasteiger partial charge in [0.05, 0.1) is 16.7 Å². The van der Waals surface area contributed by atoms with Gasteiger partial charge < -0.3 is 13.7 Å². The van der Waals surface area contributed by atoms with E-state index in [9.17, 15) is 0 Å². The molecular formula is C54H32BNO2S. The number of aromatic nitrogens is 1. The Kier molecular flexibility index (Phi) is 7.04. The van der Waals surface area contributed by atoms with E-state index in [0.717, 1.165) is 50.3 Å². The third kappa shape index (κ3) is 4.92. The van der Waals surface area contributed by atoms with E-state index in [2.05, 4.69) is 187 Å². The fraction of sp³-hybridized carbons (Fsp3) is 0. The number of benzene rings is 9. The Labute approximate surface area is 345 Å². The van der Waals surface area contributed by atoms with Gasteiger partial charge >= 0.3 is 0 Å². The van der Waals surface area contributed by atoms with Crippen LogP contribution in [0.3, 0.4) is 0 Å². The fourth-order valence-corrected chi connectivity index (χ4v) is 11.1. The highest BCUT2D eigenvalue weighted by Gasteiger charge is 2.39. The maximum absolute atomic E-state index is 6.85. The lowest BCUT2D eigenvalue weighted by atomic mass is 9.57. The molecule has 59 heavy (non-hydrogen) atoms. The quantitative estimate of drug-likeness (QED) is 0.167. The summed E-state index contributed by atoms with van der Waals surface area (Å²) in [6.45, 7) is 0. The summed E-state index contributed by atoms with van der Waals surface area (Å²) in [5.74, 6) is 1.94. The summed E-state index contributed by atoms with van der Waals surface area (Å²) in [5.41, 5.74) is 17.3. The predicted octanol–water partition coefficient (Wildman–Crippen LogP) is 13.7. The van der Waals surface area contributed by atoms with Crippen molar-refractivity contribution in [2.75, 3.05) is 0 Å². The first kappa shape index (κ1) is 32.8. The van der Waals surface area contributed by atoms with Gasteiger partial charge in [-0.1, -0.05) is 133 Å². The molecule has 9 aromatic carbocycles. The van der Waals surface area contributed by atoms with Crippen LogP contribution in [-0.4, -0.2) is 10.6 Å². The molecule has 0 unspecified atom stereocenters. The molecule has 0 N–H and O–H groups in total. The molecule has 2 aromatic heterocycles. The first-order valence-corrected chi connectivity index (χ1v) is 21.0. The maximum atomic E-state index is 6.85. The number of nitrogens with zero attached hydrogens (tertiary/aromatic N) is 1. The molecular weight excluding hydrogens is 737 g/mol. The SMILES string of the molecule is c1ccc2c(c1)Oc1cc(-c3ccccc3-n3c4ccccc4c4ccccc43)cc3c1B2Sc1cc(-c2ccccc2-c2ccc4oc5ccccc5c4c2)ccc1-3. The Morgan fingerprint density at radius 3 is 1.85 bits per heavy atom. The van der Waals surface area contributed by atoms with E-state index >= 15 is 0 Å². The van der Waals surface area contributed by atoms with Gasteiger partial charge in [0.25, 0.3) is 5.99 Å². The van der Waals surface area contributed by atoms with Gasteiger partial charge in [-0.2, -0.15) is 11.6 Å². The van der Waals surface area contributed by atoms with Crippen LogP contribution in [0.25, 0.3) is 93.9 Å². The second-order valence-electron chi connectivity index (χ2n) is 15.5. The Bertz CT molecular complexity index is 3490. The van der Waals surface area contributed by atoms with Crippen LogP contribution >= 0.6 is 11.6 Å². The van der Waals surface area contributed by atoms with E-state index in [0.29, 0.717) is 0 Å². The van der Waals surface area contributed by atoms with Crippen molar-refractivity contribution in [2.24, 2.45) is 0 Å². The van der Waals surface area contributed by atoms with Crippen molar-refractivity contribution in [1.82, 2.24) is 4.57 Å². The second-order valence-corrected chi connectivity index (χ2v) is 16.7. The van der Waals surface area contributed by atoms with E-state index in [1.54, 1.807) is 0 Å². The van der Waals surface area contributed by atoms with Crippen LogP contribution in [0.4, 0.5) is 0 Å². The summed E-state index contributed by atoms with van der Waals surface area (Å²) >= 11 is 1.93. The lowest BCUT2D eigenvalue weighted by Gasteiger charge is -2.33. The minimum atomic E-state index is 0.0985. The lowest BCUT2D eigenvalue weighted by molar-refractivity contribution is 0.488. The molecule has 2 aliphatic rings. The van der Waals surface area contributed by atoms with E-state index in [1.165, 1.54) is 71.0 Å². The van der Waals surface area contributed by atoms with Gasteiger partial charge in [0, 0.05) is 32.0 Å². The van der Waals surface area contributed by atoms with Crippen LogP contribution in [0.1, 0.15) is 0 Å². The van der Waals surface area contributed by atoms with Gasteiger partial charge in [-0.3, -0.25) is 0 Å². The minimum absolute atomic E-state index is 0.0985. The molecule has 0 radical (unpaired) electrons.